The second-order valence-corrected chi connectivity index (χ2v) is 7.51. The Labute approximate surface area is 145 Å². The quantitative estimate of drug-likeness (QED) is 0.613. The van der Waals surface area contributed by atoms with Gasteiger partial charge in [-0.15, -0.1) is 11.8 Å². The first-order valence-corrected chi connectivity index (χ1v) is 9.56. The van der Waals surface area contributed by atoms with E-state index >= 15 is 0 Å². The van der Waals surface area contributed by atoms with Crippen molar-refractivity contribution in [2.75, 3.05) is 11.5 Å². The maximum absolute atomic E-state index is 12.0. The molecule has 3 heteroatoms. The number of hydrogen-bond donors (Lipinski definition) is 0. The standard InChI is InChI=1S/C20H18OS2/c1-17-7-11-19(12-8-17)22-15-5-3-4-6-16-23(21)20-13-9-18(2)10-14-20/h7-14H,15-16H2,1-2H3. The zero-order valence-electron chi connectivity index (χ0n) is 13.3. The minimum atomic E-state index is -1.08. The predicted octanol–water partition coefficient (Wildman–Crippen LogP) is 4.21. The van der Waals surface area contributed by atoms with Crippen molar-refractivity contribution in [1.29, 1.82) is 0 Å². The molecule has 1 atom stereocenters. The van der Waals surface area contributed by atoms with Crippen LogP contribution >= 0.6 is 11.8 Å². The smallest absolute Gasteiger partial charge is 0.0904 e. The van der Waals surface area contributed by atoms with Crippen LogP contribution in [0, 0.1) is 37.5 Å². The molecular formula is C20H18OS2. The Hall–Kier alpha value is -1.94. The van der Waals surface area contributed by atoms with E-state index < -0.39 is 10.8 Å². The number of thioether (sulfide) groups is 1. The van der Waals surface area contributed by atoms with Crippen molar-refractivity contribution in [2.24, 2.45) is 0 Å². The molecule has 0 radical (unpaired) electrons. The molecule has 0 aliphatic carbocycles. The third-order valence-corrected chi connectivity index (χ3v) is 5.16. The molecular weight excluding hydrogens is 320 g/mol. The number of rotatable bonds is 4. The summed E-state index contributed by atoms with van der Waals surface area (Å²) >= 11 is 1.69. The van der Waals surface area contributed by atoms with Gasteiger partial charge in [0.25, 0.3) is 0 Å². The minimum Gasteiger partial charge on any atom is -0.253 e. The number of hydrogen-bond acceptors (Lipinski definition) is 2. The molecule has 0 aliphatic rings. The molecule has 0 aromatic heterocycles. The summed E-state index contributed by atoms with van der Waals surface area (Å²) in [7, 11) is -1.08. The fourth-order valence-corrected chi connectivity index (χ4v) is 3.20. The van der Waals surface area contributed by atoms with E-state index in [1.807, 2.05) is 31.2 Å². The first kappa shape index (κ1) is 17.4. The minimum absolute atomic E-state index is 0.322. The van der Waals surface area contributed by atoms with Gasteiger partial charge in [-0.25, -0.2) is 0 Å². The van der Waals surface area contributed by atoms with Crippen molar-refractivity contribution in [1.82, 2.24) is 0 Å². The van der Waals surface area contributed by atoms with Gasteiger partial charge in [-0.05, 0) is 50.0 Å². The highest BCUT2D eigenvalue weighted by atomic mass is 32.2. The molecule has 2 rings (SSSR count). The van der Waals surface area contributed by atoms with Crippen LogP contribution < -0.4 is 0 Å². The molecule has 0 spiro atoms. The van der Waals surface area contributed by atoms with E-state index in [0.29, 0.717) is 11.5 Å². The second kappa shape index (κ2) is 9.26. The molecule has 2 aromatic rings. The zero-order valence-corrected chi connectivity index (χ0v) is 14.9. The molecule has 0 aliphatic heterocycles. The third-order valence-electron chi connectivity index (χ3n) is 3.06. The Morgan fingerprint density at radius 2 is 1.43 bits per heavy atom. The lowest BCUT2D eigenvalue weighted by molar-refractivity contribution is 0.685. The van der Waals surface area contributed by atoms with Gasteiger partial charge in [0.1, 0.15) is 0 Å². The van der Waals surface area contributed by atoms with Crippen molar-refractivity contribution in [3.63, 3.8) is 0 Å². The van der Waals surface area contributed by atoms with E-state index in [1.54, 1.807) is 11.8 Å². The number of aryl methyl sites for hydroxylation is 2. The van der Waals surface area contributed by atoms with Crippen LogP contribution in [0.2, 0.25) is 0 Å². The SMILES string of the molecule is Cc1ccc(SCC#CC#CCS(=O)c2ccc(C)cc2)cc1. The molecule has 23 heavy (non-hydrogen) atoms. The van der Waals surface area contributed by atoms with Crippen LogP contribution in [-0.4, -0.2) is 15.7 Å². The van der Waals surface area contributed by atoms with Crippen LogP contribution in [0.5, 0.6) is 0 Å². The van der Waals surface area contributed by atoms with Gasteiger partial charge in [-0.3, -0.25) is 4.21 Å². The van der Waals surface area contributed by atoms with Crippen molar-refractivity contribution >= 4 is 22.6 Å². The topological polar surface area (TPSA) is 17.1 Å². The van der Waals surface area contributed by atoms with Crippen molar-refractivity contribution < 1.29 is 4.21 Å². The van der Waals surface area contributed by atoms with Gasteiger partial charge in [0.15, 0.2) is 0 Å². The van der Waals surface area contributed by atoms with Gasteiger partial charge in [-0.1, -0.05) is 47.2 Å². The maximum Gasteiger partial charge on any atom is 0.0904 e. The largest absolute Gasteiger partial charge is 0.253 e. The summed E-state index contributed by atoms with van der Waals surface area (Å²) in [4.78, 5) is 2.02. The maximum atomic E-state index is 12.0. The lowest BCUT2D eigenvalue weighted by Gasteiger charge is -1.97. The summed E-state index contributed by atoms with van der Waals surface area (Å²) in [5.41, 5.74) is 2.42. The van der Waals surface area contributed by atoms with Gasteiger partial charge in [-0.2, -0.15) is 0 Å². The van der Waals surface area contributed by atoms with Gasteiger partial charge in [0.2, 0.25) is 0 Å². The molecule has 0 saturated carbocycles. The Bertz CT molecular complexity index is 782. The van der Waals surface area contributed by atoms with Crippen molar-refractivity contribution in [3.05, 3.63) is 59.7 Å². The molecule has 1 nitrogen and oxygen atoms in total. The van der Waals surface area contributed by atoms with Gasteiger partial charge >= 0.3 is 0 Å². The Morgan fingerprint density at radius 1 is 0.870 bits per heavy atom. The van der Waals surface area contributed by atoms with Crippen LogP contribution in [0.15, 0.2) is 58.3 Å². The highest BCUT2D eigenvalue weighted by Gasteiger charge is 2.00. The highest BCUT2D eigenvalue weighted by Crippen LogP contribution is 2.17. The van der Waals surface area contributed by atoms with Crippen molar-refractivity contribution in [2.45, 2.75) is 23.6 Å². The number of benzene rings is 2. The zero-order chi connectivity index (χ0) is 16.5. The average molecular weight is 338 g/mol. The molecule has 116 valence electrons. The van der Waals surface area contributed by atoms with E-state index in [0.717, 1.165) is 10.5 Å². The first-order chi connectivity index (χ1) is 11.1. The van der Waals surface area contributed by atoms with Gasteiger partial charge < -0.3 is 0 Å². The molecule has 0 bridgehead atoms. The van der Waals surface area contributed by atoms with E-state index in [-0.39, 0.29) is 0 Å². The van der Waals surface area contributed by atoms with E-state index in [1.165, 1.54) is 10.5 Å². The van der Waals surface area contributed by atoms with Crippen LogP contribution in [0.3, 0.4) is 0 Å². The molecule has 0 heterocycles. The van der Waals surface area contributed by atoms with E-state index in [4.69, 9.17) is 0 Å². The monoisotopic (exact) mass is 338 g/mol. The molecule has 0 N–H and O–H groups in total. The molecule has 1 unspecified atom stereocenters. The fraction of sp³-hybridized carbons (Fsp3) is 0.200. The summed E-state index contributed by atoms with van der Waals surface area (Å²) in [6.45, 7) is 4.08. The van der Waals surface area contributed by atoms with Crippen molar-refractivity contribution in [3.8, 4) is 23.7 Å². The summed E-state index contributed by atoms with van der Waals surface area (Å²) in [6.07, 6.45) is 0. The normalized spacial score (nSPS) is 10.9. The third kappa shape index (κ3) is 6.37. The van der Waals surface area contributed by atoms with Crippen LogP contribution in [0.25, 0.3) is 0 Å². The predicted molar refractivity (Wildman–Crippen MR) is 99.9 cm³/mol. The molecule has 2 aromatic carbocycles. The molecule has 0 fully saturated rings. The van der Waals surface area contributed by atoms with Gasteiger partial charge in [0.05, 0.1) is 22.3 Å². The van der Waals surface area contributed by atoms with Crippen LogP contribution in [-0.2, 0) is 10.8 Å². The van der Waals surface area contributed by atoms with Gasteiger partial charge in [0, 0.05) is 9.79 Å². The average Bonchev–Trinajstić information content (AvgIpc) is 2.56. The Balaban J connectivity index is 1.76. The fourth-order valence-electron chi connectivity index (χ4n) is 1.75. The summed E-state index contributed by atoms with van der Waals surface area (Å²) in [6, 6.07) is 16.1. The summed E-state index contributed by atoms with van der Waals surface area (Å²) in [5.74, 6) is 12.5. The summed E-state index contributed by atoms with van der Waals surface area (Å²) < 4.78 is 12.0. The molecule has 0 amide bonds. The molecule has 0 saturated heterocycles. The Morgan fingerprint density at radius 3 is 2.09 bits per heavy atom. The second-order valence-electron chi connectivity index (χ2n) is 5.01. The van der Waals surface area contributed by atoms with E-state index in [2.05, 4.69) is 54.9 Å². The lowest BCUT2D eigenvalue weighted by atomic mass is 10.2. The van der Waals surface area contributed by atoms with Crippen LogP contribution in [0.1, 0.15) is 11.1 Å². The summed E-state index contributed by atoms with van der Waals surface area (Å²) in [5, 5.41) is 0. The highest BCUT2D eigenvalue weighted by molar-refractivity contribution is 7.99. The lowest BCUT2D eigenvalue weighted by Crippen LogP contribution is -1.95. The first-order valence-electron chi connectivity index (χ1n) is 7.25. The van der Waals surface area contributed by atoms with Crippen LogP contribution in [0.4, 0.5) is 0 Å². The van der Waals surface area contributed by atoms with E-state index in [9.17, 15) is 4.21 Å². The Kier molecular flexibility index (Phi) is 7.01.